The minimum Gasteiger partial charge on any atom is -0.497 e. The quantitative estimate of drug-likeness (QED) is 0.926. The zero-order valence-electron chi connectivity index (χ0n) is 11.7. The van der Waals surface area contributed by atoms with Gasteiger partial charge in [-0.1, -0.05) is 6.07 Å². The Morgan fingerprint density at radius 2 is 1.90 bits per heavy atom. The van der Waals surface area contributed by atoms with Crippen LogP contribution in [0.4, 0.5) is 10.1 Å². The lowest BCUT2D eigenvalue weighted by atomic mass is 10.1. The van der Waals surface area contributed by atoms with Gasteiger partial charge in [-0.2, -0.15) is 0 Å². The molecule has 2 aromatic carbocycles. The lowest BCUT2D eigenvalue weighted by Crippen LogP contribution is -2.14. The van der Waals surface area contributed by atoms with Crippen molar-refractivity contribution in [3.63, 3.8) is 0 Å². The van der Waals surface area contributed by atoms with Gasteiger partial charge in [-0.05, 0) is 55.3 Å². The van der Waals surface area contributed by atoms with E-state index in [1.807, 2.05) is 6.92 Å². The van der Waals surface area contributed by atoms with Gasteiger partial charge in [-0.15, -0.1) is 0 Å². The van der Waals surface area contributed by atoms with Crippen molar-refractivity contribution in [1.29, 1.82) is 0 Å². The molecule has 0 aliphatic carbocycles. The van der Waals surface area contributed by atoms with Crippen molar-refractivity contribution in [3.05, 3.63) is 58.9 Å². The number of ether oxygens (including phenoxy) is 1. The van der Waals surface area contributed by atoms with Gasteiger partial charge in [-0.3, -0.25) is 4.79 Å². The molecule has 0 radical (unpaired) electrons. The number of rotatable bonds is 3. The fraction of sp³-hybridized carbons (Fsp3) is 0.188. The second-order valence-electron chi connectivity index (χ2n) is 4.62. The second-order valence-corrected chi connectivity index (χ2v) is 4.62. The van der Waals surface area contributed by atoms with Crippen molar-refractivity contribution in [1.82, 2.24) is 0 Å². The van der Waals surface area contributed by atoms with Crippen molar-refractivity contribution in [2.75, 3.05) is 12.4 Å². The maximum Gasteiger partial charge on any atom is 0.258 e. The van der Waals surface area contributed by atoms with Crippen LogP contribution < -0.4 is 10.1 Å². The summed E-state index contributed by atoms with van der Waals surface area (Å²) in [5.41, 5.74) is 2.30. The third-order valence-electron chi connectivity index (χ3n) is 3.05. The van der Waals surface area contributed by atoms with Gasteiger partial charge in [0.05, 0.1) is 12.7 Å². The monoisotopic (exact) mass is 273 g/mol. The van der Waals surface area contributed by atoms with E-state index in [-0.39, 0.29) is 5.56 Å². The molecule has 0 heterocycles. The van der Waals surface area contributed by atoms with Crippen LogP contribution in [0.25, 0.3) is 0 Å². The van der Waals surface area contributed by atoms with E-state index >= 15 is 0 Å². The number of methoxy groups -OCH3 is 1. The third-order valence-corrected chi connectivity index (χ3v) is 3.05. The third kappa shape index (κ3) is 2.96. The maximum absolute atomic E-state index is 13.7. The van der Waals surface area contributed by atoms with E-state index in [2.05, 4.69) is 5.32 Å². The minimum absolute atomic E-state index is 0.0332. The largest absolute Gasteiger partial charge is 0.497 e. The molecule has 4 heteroatoms. The summed E-state index contributed by atoms with van der Waals surface area (Å²) in [5.74, 6) is -0.272. The lowest BCUT2D eigenvalue weighted by molar-refractivity contribution is 0.102. The second kappa shape index (κ2) is 5.74. The molecular formula is C16H16FNO2. The summed E-state index contributed by atoms with van der Waals surface area (Å²) in [4.78, 5) is 12.1. The van der Waals surface area contributed by atoms with E-state index < -0.39 is 11.7 Å². The van der Waals surface area contributed by atoms with Crippen LogP contribution in [-0.4, -0.2) is 13.0 Å². The number of hydrogen-bond acceptors (Lipinski definition) is 2. The van der Waals surface area contributed by atoms with Gasteiger partial charge in [0, 0.05) is 5.69 Å². The Labute approximate surface area is 117 Å². The van der Waals surface area contributed by atoms with Crippen LogP contribution in [0, 0.1) is 19.7 Å². The molecule has 0 unspecified atom stereocenters. The number of nitrogens with one attached hydrogen (secondary N) is 1. The number of hydrogen-bond donors (Lipinski definition) is 1. The number of halogens is 1. The van der Waals surface area contributed by atoms with Gasteiger partial charge < -0.3 is 10.1 Å². The molecule has 2 aromatic rings. The fourth-order valence-corrected chi connectivity index (χ4v) is 1.90. The van der Waals surface area contributed by atoms with E-state index in [1.165, 1.54) is 12.1 Å². The zero-order chi connectivity index (χ0) is 14.7. The molecule has 104 valence electrons. The van der Waals surface area contributed by atoms with Crippen LogP contribution in [0.5, 0.6) is 5.75 Å². The van der Waals surface area contributed by atoms with E-state index in [4.69, 9.17) is 4.74 Å². The minimum atomic E-state index is -0.520. The Bertz CT molecular complexity index is 653. The Morgan fingerprint density at radius 1 is 1.15 bits per heavy atom. The molecule has 20 heavy (non-hydrogen) atoms. The summed E-state index contributed by atoms with van der Waals surface area (Å²) in [6.45, 7) is 3.63. The van der Waals surface area contributed by atoms with E-state index in [0.29, 0.717) is 11.4 Å². The SMILES string of the molecule is COc1ccc(NC(=O)c2ccc(C)cc2F)c(C)c1. The zero-order valence-corrected chi connectivity index (χ0v) is 11.7. The average Bonchev–Trinajstić information content (AvgIpc) is 2.40. The summed E-state index contributed by atoms with van der Waals surface area (Å²) in [6, 6.07) is 9.82. The smallest absolute Gasteiger partial charge is 0.258 e. The lowest BCUT2D eigenvalue weighted by Gasteiger charge is -2.10. The summed E-state index contributed by atoms with van der Waals surface area (Å²) in [7, 11) is 1.58. The van der Waals surface area contributed by atoms with Crippen molar-refractivity contribution in [2.45, 2.75) is 13.8 Å². The van der Waals surface area contributed by atoms with Crippen LogP contribution >= 0.6 is 0 Å². The summed E-state index contributed by atoms with van der Waals surface area (Å²) < 4.78 is 18.8. The molecule has 0 saturated heterocycles. The van der Waals surface area contributed by atoms with Crippen LogP contribution in [0.3, 0.4) is 0 Å². The molecular weight excluding hydrogens is 257 g/mol. The maximum atomic E-state index is 13.7. The van der Waals surface area contributed by atoms with Crippen LogP contribution in [0.1, 0.15) is 21.5 Å². The summed E-state index contributed by atoms with van der Waals surface area (Å²) in [5, 5.41) is 2.70. The van der Waals surface area contributed by atoms with Crippen molar-refractivity contribution in [3.8, 4) is 5.75 Å². The number of carbonyl (C=O) groups is 1. The highest BCUT2D eigenvalue weighted by atomic mass is 19.1. The van der Waals surface area contributed by atoms with Gasteiger partial charge in [0.25, 0.3) is 5.91 Å². The predicted octanol–water partition coefficient (Wildman–Crippen LogP) is 3.70. The number of aryl methyl sites for hydroxylation is 2. The molecule has 0 atom stereocenters. The Kier molecular flexibility index (Phi) is 4.03. The van der Waals surface area contributed by atoms with Crippen molar-refractivity contribution in [2.24, 2.45) is 0 Å². The van der Waals surface area contributed by atoms with E-state index in [0.717, 1.165) is 11.1 Å². The Morgan fingerprint density at radius 3 is 2.50 bits per heavy atom. The predicted molar refractivity (Wildman–Crippen MR) is 76.8 cm³/mol. The van der Waals surface area contributed by atoms with Gasteiger partial charge >= 0.3 is 0 Å². The standard InChI is InChI=1S/C16H16FNO2/c1-10-4-6-13(14(17)8-10)16(19)18-15-7-5-12(20-3)9-11(15)2/h4-9H,1-3H3,(H,18,19). The van der Waals surface area contributed by atoms with Gasteiger partial charge in [0.2, 0.25) is 0 Å². The topological polar surface area (TPSA) is 38.3 Å². The first-order valence-electron chi connectivity index (χ1n) is 6.23. The first kappa shape index (κ1) is 14.1. The molecule has 3 nitrogen and oxygen atoms in total. The van der Waals surface area contributed by atoms with Crippen molar-refractivity contribution >= 4 is 11.6 Å². The highest BCUT2D eigenvalue weighted by Gasteiger charge is 2.13. The highest BCUT2D eigenvalue weighted by molar-refractivity contribution is 6.04. The van der Waals surface area contributed by atoms with Crippen LogP contribution in [0.15, 0.2) is 36.4 Å². The number of carbonyl (C=O) groups excluding carboxylic acids is 1. The molecule has 2 rings (SSSR count). The molecule has 0 aliphatic rings. The van der Waals surface area contributed by atoms with Gasteiger partial charge in [0.15, 0.2) is 0 Å². The first-order chi connectivity index (χ1) is 9.51. The summed E-state index contributed by atoms with van der Waals surface area (Å²) >= 11 is 0. The Hall–Kier alpha value is -2.36. The normalized spacial score (nSPS) is 10.2. The number of benzene rings is 2. The number of amides is 1. The number of anilines is 1. The molecule has 1 amide bonds. The highest BCUT2D eigenvalue weighted by Crippen LogP contribution is 2.22. The molecule has 0 bridgehead atoms. The van der Waals surface area contributed by atoms with Gasteiger partial charge in [-0.25, -0.2) is 4.39 Å². The first-order valence-corrected chi connectivity index (χ1v) is 6.23. The molecule has 0 saturated carbocycles. The molecule has 0 spiro atoms. The van der Waals surface area contributed by atoms with Crippen molar-refractivity contribution < 1.29 is 13.9 Å². The van der Waals surface area contributed by atoms with Gasteiger partial charge in [0.1, 0.15) is 11.6 Å². The van der Waals surface area contributed by atoms with E-state index in [9.17, 15) is 9.18 Å². The Balaban J connectivity index is 2.23. The molecule has 0 aromatic heterocycles. The van der Waals surface area contributed by atoms with Crippen LogP contribution in [0.2, 0.25) is 0 Å². The summed E-state index contributed by atoms with van der Waals surface area (Å²) in [6.07, 6.45) is 0. The fourth-order valence-electron chi connectivity index (χ4n) is 1.90. The van der Waals surface area contributed by atoms with E-state index in [1.54, 1.807) is 38.3 Å². The molecule has 0 fully saturated rings. The molecule has 0 aliphatic heterocycles. The van der Waals surface area contributed by atoms with Crippen LogP contribution in [-0.2, 0) is 0 Å². The molecule has 1 N–H and O–H groups in total. The average molecular weight is 273 g/mol.